The number of nitrogens with zero attached hydrogens (tertiary/aromatic N) is 3. The van der Waals surface area contributed by atoms with E-state index in [1.54, 1.807) is 0 Å². The highest BCUT2D eigenvalue weighted by molar-refractivity contribution is 5.87. The van der Waals surface area contributed by atoms with Gasteiger partial charge in [0.2, 0.25) is 5.95 Å². The Morgan fingerprint density at radius 1 is 1.07 bits per heavy atom. The zero-order valence-corrected chi connectivity index (χ0v) is 14.0. The number of carbonyl (C=O) groups is 1. The Morgan fingerprint density at radius 3 is 2.33 bits per heavy atom. The molecule has 0 unspecified atom stereocenters. The molecule has 0 aliphatic carbocycles. The molecule has 0 spiro atoms. The van der Waals surface area contributed by atoms with E-state index in [4.69, 9.17) is 0 Å². The standard InChI is InChI=1S/C18H13F4N3O2/c1-24(9-12-13(20)6-7-14(21)16(12)22)18-23-8-15(17(26)27)25(18)11-4-2-10(19)3-5-11/h2-8H,9H2,1H3,(H,26,27). The molecule has 27 heavy (non-hydrogen) atoms. The van der Waals surface area contributed by atoms with E-state index in [1.807, 2.05) is 0 Å². The van der Waals surface area contributed by atoms with Crippen LogP contribution in [0, 0.1) is 23.3 Å². The van der Waals surface area contributed by atoms with Gasteiger partial charge in [-0.25, -0.2) is 27.3 Å². The zero-order valence-electron chi connectivity index (χ0n) is 14.0. The molecule has 9 heteroatoms. The van der Waals surface area contributed by atoms with E-state index in [2.05, 4.69) is 4.98 Å². The predicted octanol–water partition coefficient (Wildman–Crippen LogP) is 3.76. The molecule has 0 radical (unpaired) electrons. The maximum Gasteiger partial charge on any atom is 0.354 e. The molecule has 0 bridgehead atoms. The summed E-state index contributed by atoms with van der Waals surface area (Å²) in [7, 11) is 1.41. The first kappa shape index (κ1) is 18.4. The third kappa shape index (κ3) is 3.48. The summed E-state index contributed by atoms with van der Waals surface area (Å²) >= 11 is 0. The van der Waals surface area contributed by atoms with Crippen LogP contribution >= 0.6 is 0 Å². The summed E-state index contributed by atoms with van der Waals surface area (Å²) in [6.45, 7) is -0.410. The van der Waals surface area contributed by atoms with Gasteiger partial charge in [0.05, 0.1) is 12.7 Å². The minimum absolute atomic E-state index is 0.0297. The third-order valence-electron chi connectivity index (χ3n) is 3.92. The molecule has 3 rings (SSSR count). The molecule has 1 aromatic heterocycles. The summed E-state index contributed by atoms with van der Waals surface area (Å²) in [5, 5.41) is 9.37. The molecule has 1 heterocycles. The van der Waals surface area contributed by atoms with Gasteiger partial charge >= 0.3 is 5.97 Å². The lowest BCUT2D eigenvalue weighted by Crippen LogP contribution is -2.23. The highest BCUT2D eigenvalue weighted by Crippen LogP contribution is 2.25. The van der Waals surface area contributed by atoms with Gasteiger partial charge in [-0.15, -0.1) is 0 Å². The zero-order chi connectivity index (χ0) is 19.7. The van der Waals surface area contributed by atoms with E-state index < -0.39 is 41.3 Å². The number of halogens is 4. The van der Waals surface area contributed by atoms with Crippen LogP contribution in [0.4, 0.5) is 23.5 Å². The first-order valence-corrected chi connectivity index (χ1v) is 7.70. The monoisotopic (exact) mass is 379 g/mol. The predicted molar refractivity (Wildman–Crippen MR) is 88.9 cm³/mol. The van der Waals surface area contributed by atoms with Gasteiger partial charge in [0, 0.05) is 18.3 Å². The van der Waals surface area contributed by atoms with Gasteiger partial charge < -0.3 is 10.0 Å². The number of hydrogen-bond acceptors (Lipinski definition) is 3. The fraction of sp³-hybridized carbons (Fsp3) is 0.111. The first-order chi connectivity index (χ1) is 12.8. The molecule has 2 aromatic carbocycles. The van der Waals surface area contributed by atoms with Crippen LogP contribution in [0.25, 0.3) is 5.69 Å². The average Bonchev–Trinajstić information content (AvgIpc) is 3.08. The summed E-state index contributed by atoms with van der Waals surface area (Å²) in [4.78, 5) is 16.7. The Kier molecular flexibility index (Phi) is 4.85. The van der Waals surface area contributed by atoms with Crippen molar-refractivity contribution in [3.8, 4) is 5.69 Å². The summed E-state index contributed by atoms with van der Waals surface area (Å²) in [5.74, 6) is -5.27. The number of aromatic nitrogens is 2. The largest absolute Gasteiger partial charge is 0.477 e. The molecule has 0 fully saturated rings. The van der Waals surface area contributed by atoms with E-state index in [9.17, 15) is 27.5 Å². The molecular formula is C18H13F4N3O2. The van der Waals surface area contributed by atoms with Crippen LogP contribution in [0.5, 0.6) is 0 Å². The minimum atomic E-state index is -1.33. The number of anilines is 1. The Bertz CT molecular complexity index is 1000. The molecule has 0 saturated heterocycles. The Labute approximate surface area is 151 Å². The highest BCUT2D eigenvalue weighted by atomic mass is 19.2. The van der Waals surface area contributed by atoms with Crippen molar-refractivity contribution in [3.63, 3.8) is 0 Å². The fourth-order valence-corrected chi connectivity index (χ4v) is 2.63. The van der Waals surface area contributed by atoms with Crippen LogP contribution in [0.15, 0.2) is 42.6 Å². The maximum atomic E-state index is 13.9. The summed E-state index contributed by atoms with van der Waals surface area (Å²) in [5.41, 5.74) is -0.472. The van der Waals surface area contributed by atoms with Crippen molar-refractivity contribution in [2.75, 3.05) is 11.9 Å². The van der Waals surface area contributed by atoms with Gasteiger partial charge in [0.25, 0.3) is 0 Å². The number of carboxylic acids is 1. The van der Waals surface area contributed by atoms with Crippen LogP contribution in [-0.4, -0.2) is 27.7 Å². The SMILES string of the molecule is CN(Cc1c(F)ccc(F)c1F)c1ncc(C(=O)O)n1-c1ccc(F)cc1. The number of carboxylic acid groups (broad SMARTS) is 1. The Balaban J connectivity index is 2.06. The van der Waals surface area contributed by atoms with E-state index in [0.29, 0.717) is 6.07 Å². The van der Waals surface area contributed by atoms with Crippen LogP contribution in [0.3, 0.4) is 0 Å². The topological polar surface area (TPSA) is 58.4 Å². The van der Waals surface area contributed by atoms with E-state index in [-0.39, 0.29) is 17.3 Å². The number of rotatable bonds is 5. The molecule has 0 aliphatic heterocycles. The van der Waals surface area contributed by atoms with Gasteiger partial charge in [0.15, 0.2) is 17.3 Å². The highest BCUT2D eigenvalue weighted by Gasteiger charge is 2.22. The molecule has 140 valence electrons. The molecule has 1 N–H and O–H groups in total. The summed E-state index contributed by atoms with van der Waals surface area (Å²) in [6.07, 6.45) is 1.07. The first-order valence-electron chi connectivity index (χ1n) is 7.70. The van der Waals surface area contributed by atoms with Gasteiger partial charge in [-0.05, 0) is 36.4 Å². The lowest BCUT2D eigenvalue weighted by atomic mass is 10.2. The minimum Gasteiger partial charge on any atom is -0.477 e. The number of imidazole rings is 1. The van der Waals surface area contributed by atoms with E-state index in [0.717, 1.165) is 24.4 Å². The summed E-state index contributed by atoms with van der Waals surface area (Å²) in [6, 6.07) is 6.43. The van der Waals surface area contributed by atoms with Gasteiger partial charge in [0.1, 0.15) is 11.6 Å². The average molecular weight is 379 g/mol. The third-order valence-corrected chi connectivity index (χ3v) is 3.92. The van der Waals surface area contributed by atoms with Crippen molar-refractivity contribution in [2.45, 2.75) is 6.54 Å². The lowest BCUT2D eigenvalue weighted by Gasteiger charge is -2.21. The Morgan fingerprint density at radius 2 is 1.70 bits per heavy atom. The van der Waals surface area contributed by atoms with Crippen LogP contribution < -0.4 is 4.90 Å². The molecule has 0 atom stereocenters. The van der Waals surface area contributed by atoms with E-state index in [1.165, 1.54) is 28.6 Å². The number of benzene rings is 2. The van der Waals surface area contributed by atoms with Gasteiger partial charge in [-0.1, -0.05) is 0 Å². The second-order valence-corrected chi connectivity index (χ2v) is 5.74. The van der Waals surface area contributed by atoms with Crippen LogP contribution in [0.1, 0.15) is 16.1 Å². The molecule has 3 aromatic rings. The molecule has 0 amide bonds. The quantitative estimate of drug-likeness (QED) is 0.542. The van der Waals surface area contributed by atoms with Crippen molar-refractivity contribution in [2.24, 2.45) is 0 Å². The maximum absolute atomic E-state index is 13.9. The van der Waals surface area contributed by atoms with Crippen molar-refractivity contribution in [1.82, 2.24) is 9.55 Å². The Hall–Kier alpha value is -3.36. The normalized spacial score (nSPS) is 10.9. The molecular weight excluding hydrogens is 366 g/mol. The van der Waals surface area contributed by atoms with Crippen molar-refractivity contribution in [3.05, 3.63) is 77.1 Å². The second-order valence-electron chi connectivity index (χ2n) is 5.74. The van der Waals surface area contributed by atoms with Crippen molar-refractivity contribution >= 4 is 11.9 Å². The molecule has 0 saturated carbocycles. The van der Waals surface area contributed by atoms with Crippen LogP contribution in [0.2, 0.25) is 0 Å². The van der Waals surface area contributed by atoms with Gasteiger partial charge in [-0.2, -0.15) is 0 Å². The molecule has 5 nitrogen and oxygen atoms in total. The van der Waals surface area contributed by atoms with Crippen molar-refractivity contribution < 1.29 is 27.5 Å². The van der Waals surface area contributed by atoms with Crippen molar-refractivity contribution in [1.29, 1.82) is 0 Å². The number of hydrogen-bond donors (Lipinski definition) is 1. The van der Waals surface area contributed by atoms with E-state index >= 15 is 0 Å². The summed E-state index contributed by atoms with van der Waals surface area (Å²) < 4.78 is 55.6. The smallest absolute Gasteiger partial charge is 0.354 e. The molecule has 0 aliphatic rings. The lowest BCUT2D eigenvalue weighted by molar-refractivity contribution is 0.0688. The number of aromatic carboxylic acids is 1. The fourth-order valence-electron chi connectivity index (χ4n) is 2.63. The second kappa shape index (κ2) is 7.10. The van der Waals surface area contributed by atoms with Crippen LogP contribution in [-0.2, 0) is 6.54 Å². The van der Waals surface area contributed by atoms with Gasteiger partial charge in [-0.3, -0.25) is 4.57 Å².